The molecule has 0 aliphatic heterocycles. The normalized spacial score (nSPS) is 10.3. The lowest BCUT2D eigenvalue weighted by molar-refractivity contribution is -0.384. The second-order valence-corrected chi connectivity index (χ2v) is 6.15. The molecular formula is C22H16N4O5. The summed E-state index contributed by atoms with van der Waals surface area (Å²) in [6.45, 7) is 0. The highest BCUT2D eigenvalue weighted by Crippen LogP contribution is 2.28. The average molecular weight is 416 g/mol. The van der Waals surface area contributed by atoms with Crippen LogP contribution in [0, 0.1) is 21.4 Å². The molecule has 1 amide bonds. The van der Waals surface area contributed by atoms with Crippen LogP contribution in [0.4, 0.5) is 5.69 Å². The van der Waals surface area contributed by atoms with E-state index in [2.05, 4.69) is 10.5 Å². The van der Waals surface area contributed by atoms with Gasteiger partial charge in [0.2, 0.25) is 0 Å². The van der Waals surface area contributed by atoms with Gasteiger partial charge in [0.05, 0.1) is 18.2 Å². The Hall–Kier alpha value is -4.71. The second-order valence-electron chi connectivity index (χ2n) is 6.15. The van der Waals surface area contributed by atoms with Crippen LogP contribution in [0.25, 0.3) is 0 Å². The number of nitrogens with zero attached hydrogens (tertiary/aromatic N) is 3. The molecule has 0 aliphatic carbocycles. The van der Waals surface area contributed by atoms with Gasteiger partial charge in [-0.1, -0.05) is 12.1 Å². The highest BCUT2D eigenvalue weighted by molar-refractivity contribution is 5.95. The lowest BCUT2D eigenvalue weighted by atomic mass is 10.2. The highest BCUT2D eigenvalue weighted by atomic mass is 16.6. The molecule has 0 unspecified atom stereocenters. The quantitative estimate of drug-likeness (QED) is 0.352. The van der Waals surface area contributed by atoms with Gasteiger partial charge in [-0.2, -0.15) is 10.4 Å². The summed E-state index contributed by atoms with van der Waals surface area (Å²) in [4.78, 5) is 22.4. The van der Waals surface area contributed by atoms with Crippen LogP contribution in [0.1, 0.15) is 21.5 Å². The first-order chi connectivity index (χ1) is 15.0. The number of carbonyl (C=O) groups excluding carboxylic acids is 1. The van der Waals surface area contributed by atoms with Crippen LogP contribution in [0.3, 0.4) is 0 Å². The fraction of sp³-hybridized carbons (Fsp3) is 0.0455. The molecule has 9 heteroatoms. The molecule has 0 saturated heterocycles. The Morgan fingerprint density at radius 1 is 1.13 bits per heavy atom. The molecule has 1 N–H and O–H groups in total. The van der Waals surface area contributed by atoms with Gasteiger partial charge in [-0.05, 0) is 48.0 Å². The highest BCUT2D eigenvalue weighted by Gasteiger charge is 2.12. The Bertz CT molecular complexity index is 1180. The van der Waals surface area contributed by atoms with Gasteiger partial charge >= 0.3 is 0 Å². The number of rotatable bonds is 7. The number of amides is 1. The largest absolute Gasteiger partial charge is 0.497 e. The Balaban J connectivity index is 1.68. The maximum Gasteiger partial charge on any atom is 0.271 e. The van der Waals surface area contributed by atoms with E-state index < -0.39 is 4.92 Å². The fourth-order valence-corrected chi connectivity index (χ4v) is 2.57. The molecule has 0 atom stereocenters. The standard InChI is InChI=1S/C22H16N4O5/c1-30-19-8-5-16(6-9-19)22(27)25-24-14-15-3-2-4-20(11-15)31-21-10-7-18(26(28)29)12-17(21)13-23/h2-12,14H,1H3,(H,25,27)/b24-14+. The van der Waals surface area contributed by atoms with E-state index >= 15 is 0 Å². The summed E-state index contributed by atoms with van der Waals surface area (Å²) >= 11 is 0. The van der Waals surface area contributed by atoms with Gasteiger partial charge < -0.3 is 9.47 Å². The van der Waals surface area contributed by atoms with Crippen LogP contribution in [0.5, 0.6) is 17.2 Å². The smallest absolute Gasteiger partial charge is 0.271 e. The molecule has 0 radical (unpaired) electrons. The maximum absolute atomic E-state index is 12.1. The predicted molar refractivity (Wildman–Crippen MR) is 112 cm³/mol. The zero-order valence-corrected chi connectivity index (χ0v) is 16.3. The summed E-state index contributed by atoms with van der Waals surface area (Å²) in [5.74, 6) is 0.853. The van der Waals surface area contributed by atoms with Gasteiger partial charge in [0, 0.05) is 17.7 Å². The predicted octanol–water partition coefficient (Wildman–Crippen LogP) is 4.03. The summed E-state index contributed by atoms with van der Waals surface area (Å²) in [5.41, 5.74) is 3.34. The van der Waals surface area contributed by atoms with E-state index in [0.717, 1.165) is 6.07 Å². The molecule has 3 aromatic rings. The lowest BCUT2D eigenvalue weighted by Crippen LogP contribution is -2.17. The molecule has 0 bridgehead atoms. The lowest BCUT2D eigenvalue weighted by Gasteiger charge is -2.08. The Morgan fingerprint density at radius 2 is 1.90 bits per heavy atom. The van der Waals surface area contributed by atoms with E-state index in [1.54, 1.807) is 55.6 Å². The number of hydrazone groups is 1. The number of nitriles is 1. The topological polar surface area (TPSA) is 127 Å². The van der Waals surface area contributed by atoms with Crippen LogP contribution in [0.15, 0.2) is 71.8 Å². The van der Waals surface area contributed by atoms with Crippen molar-refractivity contribution in [3.05, 3.63) is 93.5 Å². The third kappa shape index (κ3) is 5.42. The van der Waals surface area contributed by atoms with Crippen molar-refractivity contribution in [3.8, 4) is 23.3 Å². The monoisotopic (exact) mass is 416 g/mol. The van der Waals surface area contributed by atoms with Gasteiger partial charge in [-0.15, -0.1) is 0 Å². The first-order valence-electron chi connectivity index (χ1n) is 8.94. The van der Waals surface area contributed by atoms with Crippen molar-refractivity contribution in [2.45, 2.75) is 0 Å². The molecule has 0 heterocycles. The first kappa shape index (κ1) is 21.0. The molecule has 0 spiro atoms. The third-order valence-electron chi connectivity index (χ3n) is 4.11. The van der Waals surface area contributed by atoms with Crippen molar-refractivity contribution < 1.29 is 19.2 Å². The summed E-state index contributed by atoms with van der Waals surface area (Å²) in [6, 6.07) is 19.0. The summed E-state index contributed by atoms with van der Waals surface area (Å²) in [7, 11) is 1.54. The van der Waals surface area contributed by atoms with Crippen molar-refractivity contribution in [1.82, 2.24) is 5.43 Å². The molecule has 0 fully saturated rings. The molecule has 0 aliphatic rings. The number of nitrogens with one attached hydrogen (secondary N) is 1. The van der Waals surface area contributed by atoms with Gasteiger partial charge in [-0.3, -0.25) is 14.9 Å². The first-order valence-corrected chi connectivity index (χ1v) is 8.94. The molecule has 31 heavy (non-hydrogen) atoms. The zero-order chi connectivity index (χ0) is 22.2. The second kappa shape index (κ2) is 9.67. The number of nitro groups is 1. The average Bonchev–Trinajstić information content (AvgIpc) is 2.79. The van der Waals surface area contributed by atoms with Crippen LogP contribution in [-0.4, -0.2) is 24.2 Å². The van der Waals surface area contributed by atoms with Crippen molar-refractivity contribution in [3.63, 3.8) is 0 Å². The number of methoxy groups -OCH3 is 1. The minimum atomic E-state index is -0.581. The number of carbonyl (C=O) groups is 1. The van der Waals surface area contributed by atoms with E-state index in [1.165, 1.54) is 18.3 Å². The zero-order valence-electron chi connectivity index (χ0n) is 16.3. The molecule has 0 aromatic heterocycles. The van der Waals surface area contributed by atoms with Gasteiger partial charge in [0.1, 0.15) is 28.9 Å². The Kier molecular flexibility index (Phi) is 6.55. The molecule has 3 aromatic carbocycles. The SMILES string of the molecule is COc1ccc(C(=O)N/N=C/c2cccc(Oc3ccc([N+](=O)[O-])cc3C#N)c2)cc1. The summed E-state index contributed by atoms with van der Waals surface area (Å²) in [6.07, 6.45) is 1.44. The number of benzene rings is 3. The van der Waals surface area contributed by atoms with E-state index in [9.17, 15) is 20.2 Å². The Labute approximate surface area is 177 Å². The van der Waals surface area contributed by atoms with Crippen molar-refractivity contribution in [1.29, 1.82) is 5.26 Å². The van der Waals surface area contributed by atoms with Gasteiger partial charge in [0.15, 0.2) is 0 Å². The molecule has 154 valence electrons. The summed E-state index contributed by atoms with van der Waals surface area (Å²) in [5, 5.41) is 24.0. The molecule has 0 saturated carbocycles. The maximum atomic E-state index is 12.1. The molecule has 9 nitrogen and oxygen atoms in total. The summed E-state index contributed by atoms with van der Waals surface area (Å²) < 4.78 is 10.7. The van der Waals surface area contributed by atoms with Crippen molar-refractivity contribution >= 4 is 17.8 Å². The number of hydrogen-bond donors (Lipinski definition) is 1. The molecular weight excluding hydrogens is 400 g/mol. The van der Waals surface area contributed by atoms with Crippen LogP contribution in [0.2, 0.25) is 0 Å². The van der Waals surface area contributed by atoms with E-state index in [-0.39, 0.29) is 22.9 Å². The number of hydrogen-bond acceptors (Lipinski definition) is 7. The van der Waals surface area contributed by atoms with E-state index in [0.29, 0.717) is 22.6 Å². The fourth-order valence-electron chi connectivity index (χ4n) is 2.57. The van der Waals surface area contributed by atoms with Crippen LogP contribution in [-0.2, 0) is 0 Å². The number of nitro benzene ring substituents is 1. The van der Waals surface area contributed by atoms with Gasteiger partial charge in [0.25, 0.3) is 11.6 Å². The minimum absolute atomic E-state index is 0.0417. The minimum Gasteiger partial charge on any atom is -0.497 e. The van der Waals surface area contributed by atoms with Crippen molar-refractivity contribution in [2.24, 2.45) is 5.10 Å². The van der Waals surface area contributed by atoms with Gasteiger partial charge in [-0.25, -0.2) is 5.43 Å². The van der Waals surface area contributed by atoms with Crippen LogP contribution >= 0.6 is 0 Å². The Morgan fingerprint density at radius 3 is 2.58 bits per heavy atom. The molecule has 3 rings (SSSR count). The van der Waals surface area contributed by atoms with Crippen LogP contribution < -0.4 is 14.9 Å². The van der Waals surface area contributed by atoms with E-state index in [4.69, 9.17) is 9.47 Å². The van der Waals surface area contributed by atoms with Crippen molar-refractivity contribution in [2.75, 3.05) is 7.11 Å². The number of ether oxygens (including phenoxy) is 2. The third-order valence-corrected chi connectivity index (χ3v) is 4.11. The number of non-ortho nitro benzene ring substituents is 1. The van der Waals surface area contributed by atoms with E-state index in [1.807, 2.05) is 6.07 Å².